The lowest BCUT2D eigenvalue weighted by atomic mass is 9.99. The largest absolute Gasteiger partial charge is 0.433 e. The molecule has 2 fully saturated rings. The van der Waals surface area contributed by atoms with Crippen LogP contribution in [0.5, 0.6) is 0 Å². The number of aliphatic hydroxyl groups excluding tert-OH is 9. The summed E-state index contributed by atoms with van der Waals surface area (Å²) < 4.78 is 19.2. The highest BCUT2D eigenvalue weighted by atomic mass is 16.7. The van der Waals surface area contributed by atoms with Crippen molar-refractivity contribution in [2.75, 3.05) is 13.2 Å². The van der Waals surface area contributed by atoms with Gasteiger partial charge in [0.05, 0.1) is 19.6 Å². The van der Waals surface area contributed by atoms with Gasteiger partial charge in [-0.3, -0.25) is 4.79 Å². The van der Waals surface area contributed by atoms with Gasteiger partial charge in [-0.05, 0) is 0 Å². The summed E-state index contributed by atoms with van der Waals surface area (Å²) in [7, 11) is 0. The molecular weight excluding hydrogens is 432 g/mol. The van der Waals surface area contributed by atoms with E-state index in [9.17, 15) is 45.3 Å². The van der Waals surface area contributed by atoms with Gasteiger partial charge in [-0.2, -0.15) is 0 Å². The van der Waals surface area contributed by atoms with Crippen LogP contribution in [0.1, 0.15) is 6.42 Å². The van der Waals surface area contributed by atoms with Gasteiger partial charge in [0.15, 0.2) is 6.10 Å². The molecule has 11 atom stereocenters. The summed E-state index contributed by atoms with van der Waals surface area (Å²) in [6.45, 7) is -1.56. The summed E-state index contributed by atoms with van der Waals surface area (Å²) in [4.78, 5) is 23.9. The highest BCUT2D eigenvalue weighted by Gasteiger charge is 2.47. The number of aliphatic hydroxyl groups is 9. The smallest absolute Gasteiger partial charge is 0.337 e. The van der Waals surface area contributed by atoms with Crippen LogP contribution in [-0.2, 0) is 28.5 Å². The minimum absolute atomic E-state index is 0.771. The van der Waals surface area contributed by atoms with Gasteiger partial charge in [0.2, 0.25) is 12.6 Å². The molecule has 0 aliphatic carbocycles. The monoisotopic (exact) mass is 458 g/mol. The van der Waals surface area contributed by atoms with E-state index in [1.54, 1.807) is 0 Å². The van der Waals surface area contributed by atoms with Crippen molar-refractivity contribution in [1.82, 2.24) is 0 Å². The molecule has 31 heavy (non-hydrogen) atoms. The summed E-state index contributed by atoms with van der Waals surface area (Å²) in [5, 5.41) is 86.2. The lowest BCUT2D eigenvalue weighted by molar-refractivity contribution is -0.296. The first kappa shape index (κ1) is 25.8. The van der Waals surface area contributed by atoms with E-state index in [-0.39, 0.29) is 0 Å². The maximum atomic E-state index is 12.0. The first-order valence-electron chi connectivity index (χ1n) is 9.20. The van der Waals surface area contributed by atoms with E-state index in [4.69, 9.17) is 24.4 Å². The van der Waals surface area contributed by atoms with Gasteiger partial charge in [0.25, 0.3) is 0 Å². The number of hydrogen-bond donors (Lipinski definition) is 9. The topological polar surface area (TPSA) is 253 Å². The molecule has 0 radical (unpaired) electrons. The van der Waals surface area contributed by atoms with Crippen molar-refractivity contribution in [2.45, 2.75) is 73.9 Å². The predicted molar refractivity (Wildman–Crippen MR) is 90.3 cm³/mol. The number of carbonyl (C=O) groups excluding carboxylic acids is 2. The maximum Gasteiger partial charge on any atom is 0.337 e. The number of esters is 2. The molecule has 2 aliphatic rings. The number of hydrogen-bond acceptors (Lipinski definition) is 15. The standard InChI is InChI=1S/C16H26O15/c17-2-5-8(21)10(23)12(25)15(28-5)30-7(20)1-4(19)14(27)31-16-13(26)11(24)9(22)6(3-18)29-16/h4-6,8-13,15-19,21-26H,1-3H2/t4?,5-,6-,8-,9-,10+,11+,12-,13-,15?,16?/m1/s1. The molecule has 0 aromatic heterocycles. The van der Waals surface area contributed by atoms with E-state index in [0.717, 1.165) is 0 Å². The Hall–Kier alpha value is -1.50. The molecule has 0 saturated carbocycles. The van der Waals surface area contributed by atoms with Crippen molar-refractivity contribution in [2.24, 2.45) is 0 Å². The molecule has 2 rings (SSSR count). The van der Waals surface area contributed by atoms with Crippen LogP contribution in [0.3, 0.4) is 0 Å². The molecule has 9 N–H and O–H groups in total. The Kier molecular flexibility index (Phi) is 9.04. The zero-order valence-electron chi connectivity index (χ0n) is 15.9. The van der Waals surface area contributed by atoms with Crippen LogP contribution < -0.4 is 0 Å². The van der Waals surface area contributed by atoms with E-state index < -0.39 is 99.1 Å². The third kappa shape index (κ3) is 5.85. The normalized spacial score (nSPS) is 42.0. The molecule has 0 bridgehead atoms. The second-order valence-corrected chi connectivity index (χ2v) is 7.04. The summed E-state index contributed by atoms with van der Waals surface area (Å²) in [5.41, 5.74) is 0. The van der Waals surface area contributed by atoms with Gasteiger partial charge in [0.1, 0.15) is 48.8 Å². The highest BCUT2D eigenvalue weighted by molar-refractivity contribution is 5.81. The van der Waals surface area contributed by atoms with E-state index in [0.29, 0.717) is 0 Å². The van der Waals surface area contributed by atoms with Gasteiger partial charge < -0.3 is 64.9 Å². The van der Waals surface area contributed by atoms with E-state index in [1.807, 2.05) is 0 Å². The molecule has 0 aromatic carbocycles. The van der Waals surface area contributed by atoms with E-state index >= 15 is 0 Å². The Bertz CT molecular complexity index is 612. The van der Waals surface area contributed by atoms with Crippen molar-refractivity contribution < 1.29 is 74.5 Å². The molecule has 15 nitrogen and oxygen atoms in total. The fourth-order valence-corrected chi connectivity index (χ4v) is 2.94. The zero-order chi connectivity index (χ0) is 23.5. The Morgan fingerprint density at radius 2 is 1.13 bits per heavy atom. The van der Waals surface area contributed by atoms with Crippen molar-refractivity contribution >= 4 is 11.9 Å². The number of rotatable bonds is 7. The SMILES string of the molecule is O=C(CC(O)C(=O)OC1O[C@H](CO)[C@@H](O)[C@H](O)[C@H]1O)OC1O[C@H](CO)[C@@H](O)[C@H](O)[C@H]1O. The zero-order valence-corrected chi connectivity index (χ0v) is 15.9. The molecule has 0 spiro atoms. The van der Waals surface area contributed by atoms with Gasteiger partial charge in [-0.25, -0.2) is 4.79 Å². The summed E-state index contributed by atoms with van der Waals surface area (Å²) in [5.74, 6) is -2.79. The lowest BCUT2D eigenvalue weighted by Crippen LogP contribution is -2.60. The number of carbonyl (C=O) groups is 2. The summed E-state index contributed by atoms with van der Waals surface area (Å²) in [6.07, 6.45) is -20.5. The molecule has 3 unspecified atom stereocenters. The third-order valence-electron chi connectivity index (χ3n) is 4.81. The highest BCUT2D eigenvalue weighted by Crippen LogP contribution is 2.24. The summed E-state index contributed by atoms with van der Waals surface area (Å²) >= 11 is 0. The first-order valence-corrected chi connectivity index (χ1v) is 9.20. The van der Waals surface area contributed by atoms with Gasteiger partial charge in [-0.1, -0.05) is 0 Å². The second-order valence-electron chi connectivity index (χ2n) is 7.04. The van der Waals surface area contributed by atoms with Crippen LogP contribution >= 0.6 is 0 Å². The molecule has 2 heterocycles. The molecule has 0 amide bonds. The Morgan fingerprint density at radius 1 is 0.710 bits per heavy atom. The van der Waals surface area contributed by atoms with Crippen LogP contribution in [0.2, 0.25) is 0 Å². The van der Waals surface area contributed by atoms with Crippen LogP contribution in [0.15, 0.2) is 0 Å². The molecule has 180 valence electrons. The van der Waals surface area contributed by atoms with Crippen molar-refractivity contribution in [3.05, 3.63) is 0 Å². The van der Waals surface area contributed by atoms with Crippen molar-refractivity contribution in [3.8, 4) is 0 Å². The molecular formula is C16H26O15. The van der Waals surface area contributed by atoms with Gasteiger partial charge in [-0.15, -0.1) is 0 Å². The van der Waals surface area contributed by atoms with Crippen molar-refractivity contribution in [3.63, 3.8) is 0 Å². The molecule has 0 aromatic rings. The van der Waals surface area contributed by atoms with E-state index in [1.165, 1.54) is 0 Å². The average molecular weight is 458 g/mol. The minimum Gasteiger partial charge on any atom is -0.433 e. The fourth-order valence-electron chi connectivity index (χ4n) is 2.94. The quantitative estimate of drug-likeness (QED) is 0.161. The van der Waals surface area contributed by atoms with Crippen LogP contribution in [-0.4, -0.2) is 139 Å². The molecule has 2 saturated heterocycles. The summed E-state index contributed by atoms with van der Waals surface area (Å²) in [6, 6.07) is 0. The molecule has 2 aliphatic heterocycles. The van der Waals surface area contributed by atoms with Crippen LogP contribution in [0.4, 0.5) is 0 Å². The Morgan fingerprint density at radius 3 is 1.55 bits per heavy atom. The minimum atomic E-state index is -2.16. The van der Waals surface area contributed by atoms with Crippen LogP contribution in [0.25, 0.3) is 0 Å². The lowest BCUT2D eigenvalue weighted by Gasteiger charge is -2.39. The maximum absolute atomic E-state index is 12.0. The Balaban J connectivity index is 1.90. The molecule has 15 heteroatoms. The number of ether oxygens (including phenoxy) is 4. The first-order chi connectivity index (χ1) is 14.5. The van der Waals surface area contributed by atoms with E-state index in [2.05, 4.69) is 4.74 Å². The van der Waals surface area contributed by atoms with Gasteiger partial charge >= 0.3 is 11.9 Å². The predicted octanol–water partition coefficient (Wildman–Crippen LogP) is -6.58. The Labute approximate surface area is 174 Å². The van der Waals surface area contributed by atoms with Crippen molar-refractivity contribution in [1.29, 1.82) is 0 Å². The fraction of sp³-hybridized carbons (Fsp3) is 0.875. The van der Waals surface area contributed by atoms with Crippen LogP contribution in [0, 0.1) is 0 Å². The van der Waals surface area contributed by atoms with Gasteiger partial charge in [0, 0.05) is 0 Å². The average Bonchev–Trinajstić information content (AvgIpc) is 2.74. The third-order valence-corrected chi connectivity index (χ3v) is 4.81. The second kappa shape index (κ2) is 10.9.